The highest BCUT2D eigenvalue weighted by molar-refractivity contribution is 6.48. The molecule has 11 heavy (non-hydrogen) atoms. The first-order chi connectivity index (χ1) is 5.17. The van der Waals surface area contributed by atoms with Crippen LogP contribution in [-0.4, -0.2) is 11.7 Å². The molecule has 1 aromatic carbocycles. The number of aliphatic hydroxyl groups is 1. The van der Waals surface area contributed by atoms with Crippen molar-refractivity contribution in [1.82, 2.24) is 0 Å². The molecule has 0 saturated heterocycles. The van der Waals surface area contributed by atoms with Crippen molar-refractivity contribution in [3.63, 3.8) is 0 Å². The number of hydrogen-bond acceptors (Lipinski definition) is 1. The first-order valence-corrected chi connectivity index (χ1v) is 3.96. The fourth-order valence-electron chi connectivity index (χ4n) is 0.773. The first kappa shape index (κ1) is 8.85. The van der Waals surface area contributed by atoms with E-state index in [4.69, 9.17) is 28.3 Å². The van der Waals surface area contributed by atoms with Crippen molar-refractivity contribution < 1.29 is 5.11 Å². The lowest BCUT2D eigenvalue weighted by Gasteiger charge is -2.15. The highest BCUT2D eigenvalue weighted by Crippen LogP contribution is 2.32. The van der Waals surface area contributed by atoms with Gasteiger partial charge in [0.25, 0.3) is 0 Å². The Kier molecular flexibility index (Phi) is 2.77. The Morgan fingerprint density at radius 2 is 1.73 bits per heavy atom. The maximum atomic E-state index is 8.78. The monoisotopic (exact) mass is 190 g/mol. The van der Waals surface area contributed by atoms with Gasteiger partial charge in [-0.1, -0.05) is 53.5 Å². The van der Waals surface area contributed by atoms with Gasteiger partial charge in [-0.2, -0.15) is 0 Å². The van der Waals surface area contributed by atoms with Gasteiger partial charge >= 0.3 is 0 Å². The third kappa shape index (κ3) is 2.09. The SMILES string of the molecule is OCC(Cl)(Cl)c1ccccc1. The van der Waals surface area contributed by atoms with Gasteiger partial charge in [-0.3, -0.25) is 0 Å². The van der Waals surface area contributed by atoms with Gasteiger partial charge in [-0.25, -0.2) is 0 Å². The lowest BCUT2D eigenvalue weighted by atomic mass is 10.1. The number of halogens is 2. The zero-order valence-corrected chi connectivity index (χ0v) is 7.31. The second kappa shape index (κ2) is 3.44. The minimum absolute atomic E-state index is 0.278. The van der Waals surface area contributed by atoms with Crippen molar-refractivity contribution >= 4 is 23.2 Å². The summed E-state index contributed by atoms with van der Waals surface area (Å²) in [7, 11) is 0. The minimum atomic E-state index is -1.17. The molecule has 0 fully saturated rings. The molecule has 60 valence electrons. The van der Waals surface area contributed by atoms with Crippen LogP contribution in [0.1, 0.15) is 5.56 Å². The average molecular weight is 191 g/mol. The van der Waals surface area contributed by atoms with E-state index in [0.717, 1.165) is 0 Å². The fraction of sp³-hybridized carbons (Fsp3) is 0.250. The van der Waals surface area contributed by atoms with Crippen LogP contribution in [0.4, 0.5) is 0 Å². The number of hydrogen-bond donors (Lipinski definition) is 1. The van der Waals surface area contributed by atoms with Crippen LogP contribution < -0.4 is 0 Å². The number of alkyl halides is 2. The van der Waals surface area contributed by atoms with Crippen LogP contribution in [0.25, 0.3) is 0 Å². The summed E-state index contributed by atoms with van der Waals surface area (Å²) in [5.41, 5.74) is 0.714. The molecule has 0 spiro atoms. The second-order valence-corrected chi connectivity index (χ2v) is 3.71. The van der Waals surface area contributed by atoms with Gasteiger partial charge in [-0.15, -0.1) is 0 Å². The van der Waals surface area contributed by atoms with Crippen LogP contribution in [0.2, 0.25) is 0 Å². The van der Waals surface area contributed by atoms with E-state index in [9.17, 15) is 0 Å². The smallest absolute Gasteiger partial charge is 0.166 e. The molecular formula is C8H8Cl2O. The van der Waals surface area contributed by atoms with E-state index in [-0.39, 0.29) is 6.61 Å². The van der Waals surface area contributed by atoms with Gasteiger partial charge in [0.05, 0.1) is 6.61 Å². The maximum absolute atomic E-state index is 8.78. The summed E-state index contributed by atoms with van der Waals surface area (Å²) < 4.78 is -1.17. The largest absolute Gasteiger partial charge is 0.393 e. The summed E-state index contributed by atoms with van der Waals surface area (Å²) in [6, 6.07) is 9.06. The summed E-state index contributed by atoms with van der Waals surface area (Å²) >= 11 is 11.5. The molecule has 0 aliphatic carbocycles. The molecule has 0 heterocycles. The van der Waals surface area contributed by atoms with Gasteiger partial charge in [-0.05, 0) is 5.56 Å². The van der Waals surface area contributed by atoms with Crippen LogP contribution in [0.5, 0.6) is 0 Å². The van der Waals surface area contributed by atoms with Crippen molar-refractivity contribution in [3.05, 3.63) is 35.9 Å². The maximum Gasteiger partial charge on any atom is 0.166 e. The number of rotatable bonds is 2. The van der Waals surface area contributed by atoms with Crippen LogP contribution >= 0.6 is 23.2 Å². The normalized spacial score (nSPS) is 11.5. The summed E-state index contributed by atoms with van der Waals surface area (Å²) in [5.74, 6) is 0. The fourth-order valence-corrected chi connectivity index (χ4v) is 1.03. The van der Waals surface area contributed by atoms with E-state index in [1.807, 2.05) is 18.2 Å². The molecule has 1 N–H and O–H groups in total. The minimum Gasteiger partial charge on any atom is -0.393 e. The molecule has 0 saturated carbocycles. The van der Waals surface area contributed by atoms with Crippen molar-refractivity contribution in [2.75, 3.05) is 6.61 Å². The first-order valence-electron chi connectivity index (χ1n) is 3.21. The molecule has 0 bridgehead atoms. The van der Waals surface area contributed by atoms with E-state index in [2.05, 4.69) is 0 Å². The third-order valence-electron chi connectivity index (χ3n) is 1.39. The van der Waals surface area contributed by atoms with Crippen molar-refractivity contribution in [1.29, 1.82) is 0 Å². The zero-order chi connectivity index (χ0) is 8.32. The quantitative estimate of drug-likeness (QED) is 0.711. The molecule has 0 atom stereocenters. The second-order valence-electron chi connectivity index (χ2n) is 2.23. The molecule has 0 aliphatic rings. The Balaban J connectivity index is 2.93. The van der Waals surface area contributed by atoms with Gasteiger partial charge in [0.15, 0.2) is 4.33 Å². The van der Waals surface area contributed by atoms with Crippen molar-refractivity contribution in [2.24, 2.45) is 0 Å². The summed E-state index contributed by atoms with van der Waals surface area (Å²) in [6.07, 6.45) is 0. The molecule has 3 heteroatoms. The van der Waals surface area contributed by atoms with E-state index < -0.39 is 4.33 Å². The number of aliphatic hydroxyl groups excluding tert-OH is 1. The van der Waals surface area contributed by atoms with Crippen LogP contribution in [0.3, 0.4) is 0 Å². The third-order valence-corrected chi connectivity index (χ3v) is 2.07. The Hall–Kier alpha value is -0.240. The Bertz CT molecular complexity index is 221. The molecule has 0 unspecified atom stereocenters. The van der Waals surface area contributed by atoms with E-state index in [0.29, 0.717) is 5.56 Å². The topological polar surface area (TPSA) is 20.2 Å². The van der Waals surface area contributed by atoms with E-state index >= 15 is 0 Å². The highest BCUT2D eigenvalue weighted by Gasteiger charge is 2.24. The number of benzene rings is 1. The standard InChI is InChI=1S/C8H8Cl2O/c9-8(10,6-11)7-4-2-1-3-5-7/h1-5,11H,6H2. The predicted molar refractivity (Wildman–Crippen MR) is 46.9 cm³/mol. The molecule has 1 nitrogen and oxygen atoms in total. The molecular weight excluding hydrogens is 183 g/mol. The summed E-state index contributed by atoms with van der Waals surface area (Å²) in [4.78, 5) is 0. The molecule has 1 rings (SSSR count). The van der Waals surface area contributed by atoms with Crippen molar-refractivity contribution in [2.45, 2.75) is 4.33 Å². The average Bonchev–Trinajstić information content (AvgIpc) is 2.06. The van der Waals surface area contributed by atoms with Crippen LogP contribution in [0.15, 0.2) is 30.3 Å². The lowest BCUT2D eigenvalue weighted by molar-refractivity contribution is 0.280. The Morgan fingerprint density at radius 3 is 2.18 bits per heavy atom. The predicted octanol–water partition coefficient (Wildman–Crippen LogP) is 2.31. The van der Waals surface area contributed by atoms with Gasteiger partial charge in [0.1, 0.15) is 0 Å². The van der Waals surface area contributed by atoms with Gasteiger partial charge in [0, 0.05) is 0 Å². The molecule has 1 aromatic rings. The Morgan fingerprint density at radius 1 is 1.18 bits per heavy atom. The highest BCUT2D eigenvalue weighted by atomic mass is 35.5. The van der Waals surface area contributed by atoms with E-state index in [1.165, 1.54) is 0 Å². The molecule has 0 amide bonds. The van der Waals surface area contributed by atoms with Gasteiger partial charge in [0.2, 0.25) is 0 Å². The molecule has 0 aliphatic heterocycles. The van der Waals surface area contributed by atoms with Gasteiger partial charge < -0.3 is 5.11 Å². The zero-order valence-electron chi connectivity index (χ0n) is 5.80. The van der Waals surface area contributed by atoms with Crippen LogP contribution in [0, 0.1) is 0 Å². The summed E-state index contributed by atoms with van der Waals surface area (Å²) in [6.45, 7) is -0.278. The molecule has 0 radical (unpaired) electrons. The molecule has 0 aromatic heterocycles. The van der Waals surface area contributed by atoms with Crippen molar-refractivity contribution in [3.8, 4) is 0 Å². The van der Waals surface area contributed by atoms with E-state index in [1.54, 1.807) is 12.1 Å². The lowest BCUT2D eigenvalue weighted by Crippen LogP contribution is -2.14. The van der Waals surface area contributed by atoms with Crippen LogP contribution in [-0.2, 0) is 4.33 Å². The summed E-state index contributed by atoms with van der Waals surface area (Å²) in [5, 5.41) is 8.78. The Labute approximate surface area is 75.6 Å².